The monoisotopic (exact) mass is 324 g/mol. The summed E-state index contributed by atoms with van der Waals surface area (Å²) >= 11 is 0. The molecule has 0 aliphatic heterocycles. The van der Waals surface area contributed by atoms with E-state index in [9.17, 15) is 0 Å². The molecule has 0 aromatic rings. The van der Waals surface area contributed by atoms with Gasteiger partial charge in [0.1, 0.15) is 0 Å². The summed E-state index contributed by atoms with van der Waals surface area (Å²) in [6.45, 7) is 11.9. The summed E-state index contributed by atoms with van der Waals surface area (Å²) in [7, 11) is 0. The average molecular weight is 325 g/mol. The number of hydrogen-bond acceptors (Lipinski definition) is 0. The van der Waals surface area contributed by atoms with Crippen molar-refractivity contribution in [2.45, 2.75) is 131 Å². The fourth-order valence-corrected chi connectivity index (χ4v) is 3.60. The van der Waals surface area contributed by atoms with E-state index >= 15 is 0 Å². The fraction of sp³-hybridized carbons (Fsp3) is 1.00. The maximum absolute atomic E-state index is 2.48. The fourth-order valence-electron chi connectivity index (χ4n) is 3.60. The first-order valence-corrected chi connectivity index (χ1v) is 11.1. The zero-order valence-corrected chi connectivity index (χ0v) is 17.3. The lowest BCUT2D eigenvalue weighted by molar-refractivity contribution is 0.394. The third-order valence-corrected chi connectivity index (χ3v) is 5.42. The van der Waals surface area contributed by atoms with Crippen molar-refractivity contribution in [1.29, 1.82) is 0 Å². The minimum atomic E-state index is 0.884. The Labute approximate surface area is 149 Å². The first-order chi connectivity index (χ1) is 11.1. The molecule has 23 heavy (non-hydrogen) atoms. The van der Waals surface area contributed by atoms with Crippen LogP contribution in [-0.2, 0) is 0 Å². The van der Waals surface area contributed by atoms with E-state index in [-0.39, 0.29) is 0 Å². The van der Waals surface area contributed by atoms with Crippen LogP contribution in [0.1, 0.15) is 131 Å². The maximum Gasteiger partial charge on any atom is -0.0443 e. The van der Waals surface area contributed by atoms with Gasteiger partial charge in [-0.3, -0.25) is 0 Å². The highest BCUT2D eigenvalue weighted by Gasteiger charge is 2.05. The molecule has 2 unspecified atom stereocenters. The number of unbranched alkanes of at least 4 members (excludes halogenated alkanes) is 7. The summed E-state index contributed by atoms with van der Waals surface area (Å²) in [4.78, 5) is 0. The van der Waals surface area contributed by atoms with Crippen LogP contribution in [-0.4, -0.2) is 0 Å². The van der Waals surface area contributed by atoms with Crippen molar-refractivity contribution in [2.24, 2.45) is 17.8 Å². The predicted molar refractivity (Wildman–Crippen MR) is 108 cm³/mol. The van der Waals surface area contributed by atoms with E-state index in [1.807, 2.05) is 0 Å². The molecule has 0 nitrogen and oxygen atoms in total. The summed E-state index contributed by atoms with van der Waals surface area (Å²) in [5.41, 5.74) is 0. The van der Waals surface area contributed by atoms with Crippen LogP contribution in [0.3, 0.4) is 0 Å². The van der Waals surface area contributed by atoms with Crippen LogP contribution in [0.4, 0.5) is 0 Å². The Morgan fingerprint density at radius 1 is 0.435 bits per heavy atom. The van der Waals surface area contributed by atoms with E-state index < -0.39 is 0 Å². The zero-order chi connectivity index (χ0) is 17.3. The smallest absolute Gasteiger partial charge is 0.0443 e. The molecule has 0 saturated heterocycles. The zero-order valence-electron chi connectivity index (χ0n) is 17.3. The molecule has 0 amide bonds. The Bertz CT molecular complexity index is 218. The van der Waals surface area contributed by atoms with Crippen LogP contribution in [0.25, 0.3) is 0 Å². The minimum absolute atomic E-state index is 0.884. The molecule has 0 fully saturated rings. The molecule has 0 aromatic heterocycles. The van der Waals surface area contributed by atoms with E-state index in [0.717, 1.165) is 17.8 Å². The predicted octanol–water partition coefficient (Wildman–Crippen LogP) is 8.79. The number of hydrogen-bond donors (Lipinski definition) is 0. The second kappa shape index (κ2) is 16.8. The summed E-state index contributed by atoms with van der Waals surface area (Å²) in [6, 6.07) is 0. The van der Waals surface area contributed by atoms with Crippen molar-refractivity contribution < 1.29 is 0 Å². The summed E-state index contributed by atoms with van der Waals surface area (Å²) in [5.74, 6) is 2.80. The second-order valence-corrected chi connectivity index (χ2v) is 8.73. The van der Waals surface area contributed by atoms with Crippen molar-refractivity contribution in [2.75, 3.05) is 0 Å². The van der Waals surface area contributed by atoms with Crippen molar-refractivity contribution in [1.82, 2.24) is 0 Å². The van der Waals surface area contributed by atoms with Crippen LogP contribution in [0.15, 0.2) is 0 Å². The molecule has 0 heteroatoms. The highest BCUT2D eigenvalue weighted by molar-refractivity contribution is 4.59. The van der Waals surface area contributed by atoms with Crippen LogP contribution in [0.2, 0.25) is 0 Å². The molecule has 0 aromatic carbocycles. The van der Waals surface area contributed by atoms with Crippen molar-refractivity contribution in [3.8, 4) is 0 Å². The lowest BCUT2D eigenvalue weighted by Gasteiger charge is -2.14. The molecule has 0 heterocycles. The minimum Gasteiger partial charge on any atom is -0.0654 e. The maximum atomic E-state index is 2.48. The lowest BCUT2D eigenvalue weighted by atomic mass is 9.92. The molecule has 0 N–H and O–H groups in total. The van der Waals surface area contributed by atoms with E-state index in [4.69, 9.17) is 0 Å². The van der Waals surface area contributed by atoms with Gasteiger partial charge in [-0.25, -0.2) is 0 Å². The Morgan fingerprint density at radius 3 is 1.30 bits per heavy atom. The quantitative estimate of drug-likeness (QED) is 0.234. The first-order valence-electron chi connectivity index (χ1n) is 11.1. The molecule has 140 valence electrons. The third-order valence-electron chi connectivity index (χ3n) is 5.42. The van der Waals surface area contributed by atoms with Crippen LogP contribution in [0.5, 0.6) is 0 Å². The Morgan fingerprint density at radius 2 is 0.826 bits per heavy atom. The van der Waals surface area contributed by atoms with Gasteiger partial charge in [-0.15, -0.1) is 0 Å². The van der Waals surface area contributed by atoms with Gasteiger partial charge in [-0.2, -0.15) is 0 Å². The number of rotatable bonds is 17. The summed E-state index contributed by atoms with van der Waals surface area (Å²) in [5, 5.41) is 0. The average Bonchev–Trinajstić information content (AvgIpc) is 2.50. The second-order valence-electron chi connectivity index (χ2n) is 8.73. The normalized spacial score (nSPS) is 14.3. The van der Waals surface area contributed by atoms with Crippen molar-refractivity contribution in [3.05, 3.63) is 0 Å². The summed E-state index contributed by atoms with van der Waals surface area (Å²) < 4.78 is 0. The van der Waals surface area contributed by atoms with Gasteiger partial charge in [-0.1, -0.05) is 131 Å². The van der Waals surface area contributed by atoms with E-state index in [0.29, 0.717) is 0 Å². The third kappa shape index (κ3) is 18.2. The largest absolute Gasteiger partial charge is 0.0654 e. The van der Waals surface area contributed by atoms with Crippen LogP contribution >= 0.6 is 0 Å². The topological polar surface area (TPSA) is 0 Å². The van der Waals surface area contributed by atoms with Gasteiger partial charge in [-0.05, 0) is 17.8 Å². The van der Waals surface area contributed by atoms with Crippen molar-refractivity contribution >= 4 is 0 Å². The molecule has 0 bridgehead atoms. The first kappa shape index (κ1) is 23.0. The van der Waals surface area contributed by atoms with Gasteiger partial charge < -0.3 is 0 Å². The molecular formula is C23H48. The van der Waals surface area contributed by atoms with Gasteiger partial charge in [0.15, 0.2) is 0 Å². The Kier molecular flexibility index (Phi) is 16.8. The molecule has 2 atom stereocenters. The SMILES string of the molecule is CCCCCCCCCC(C)CCCCC(C)CCCC(C)C. The molecular weight excluding hydrogens is 276 g/mol. The van der Waals surface area contributed by atoms with Gasteiger partial charge >= 0.3 is 0 Å². The highest BCUT2D eigenvalue weighted by Crippen LogP contribution is 2.21. The van der Waals surface area contributed by atoms with Gasteiger partial charge in [0.05, 0.1) is 0 Å². The Hall–Kier alpha value is 0. The molecule has 0 radical (unpaired) electrons. The van der Waals surface area contributed by atoms with Gasteiger partial charge in [0.25, 0.3) is 0 Å². The van der Waals surface area contributed by atoms with E-state index in [1.165, 1.54) is 96.3 Å². The van der Waals surface area contributed by atoms with Gasteiger partial charge in [0, 0.05) is 0 Å². The summed E-state index contributed by atoms with van der Waals surface area (Å²) in [6.07, 6.45) is 21.8. The van der Waals surface area contributed by atoms with E-state index in [2.05, 4.69) is 34.6 Å². The highest BCUT2D eigenvalue weighted by atomic mass is 14.1. The lowest BCUT2D eigenvalue weighted by Crippen LogP contribution is -1.99. The standard InChI is InChI=1S/C23H48/c1-6-7-8-9-10-11-12-17-22(4)18-13-14-19-23(5)20-15-16-21(2)3/h21-23H,6-20H2,1-5H3. The van der Waals surface area contributed by atoms with E-state index in [1.54, 1.807) is 0 Å². The Balaban J connectivity index is 3.30. The molecule has 0 aliphatic carbocycles. The molecule has 0 aliphatic rings. The van der Waals surface area contributed by atoms with Crippen LogP contribution < -0.4 is 0 Å². The molecule has 0 saturated carbocycles. The van der Waals surface area contributed by atoms with Gasteiger partial charge in [0.2, 0.25) is 0 Å². The van der Waals surface area contributed by atoms with Crippen LogP contribution in [0, 0.1) is 17.8 Å². The van der Waals surface area contributed by atoms with Crippen molar-refractivity contribution in [3.63, 3.8) is 0 Å². The molecule has 0 spiro atoms. The molecule has 0 rings (SSSR count).